The predicted molar refractivity (Wildman–Crippen MR) is 196 cm³/mol. The van der Waals surface area contributed by atoms with Crippen LogP contribution >= 0.6 is 19.1 Å². The van der Waals surface area contributed by atoms with Crippen LogP contribution < -0.4 is 20.7 Å². The first-order chi connectivity index (χ1) is 24.9. The van der Waals surface area contributed by atoms with E-state index in [2.05, 4.69) is 5.32 Å². The quantitative estimate of drug-likeness (QED) is 0.0958. The zero-order chi connectivity index (χ0) is 35.2. The third kappa shape index (κ3) is 7.20. The van der Waals surface area contributed by atoms with Gasteiger partial charge in [-0.25, -0.2) is 4.79 Å². The SMILES string of the molecule is O=C(COc1ccccc1)N[C@H]1C(=O)N2C(C(=O)OC(c3ccccc3)c3ccccc3)=C(OP(=O)(c3ccccc3)c3ccccc3)CS[C@@H]12. The molecule has 5 aromatic carbocycles. The van der Waals surface area contributed by atoms with Crippen LogP contribution in [0.3, 0.4) is 0 Å². The average Bonchev–Trinajstić information content (AvgIpc) is 3.19. The second-order valence-corrected chi connectivity index (χ2v) is 15.2. The number of esters is 1. The molecular formula is C40H33N2O7PS. The van der Waals surface area contributed by atoms with Gasteiger partial charge < -0.3 is 19.3 Å². The summed E-state index contributed by atoms with van der Waals surface area (Å²) in [6.07, 6.45) is -0.821. The summed E-state index contributed by atoms with van der Waals surface area (Å²) in [7, 11) is -3.84. The highest BCUT2D eigenvalue weighted by Gasteiger charge is 2.56. The van der Waals surface area contributed by atoms with Crippen LogP contribution in [0, 0.1) is 0 Å². The van der Waals surface area contributed by atoms with Crippen molar-refractivity contribution in [2.45, 2.75) is 17.5 Å². The highest BCUT2D eigenvalue weighted by Crippen LogP contribution is 2.51. The van der Waals surface area contributed by atoms with E-state index in [1.807, 2.05) is 78.9 Å². The molecule has 0 aliphatic carbocycles. The van der Waals surface area contributed by atoms with E-state index < -0.39 is 42.7 Å². The molecule has 1 saturated heterocycles. The van der Waals surface area contributed by atoms with Crippen molar-refractivity contribution < 1.29 is 32.9 Å². The minimum Gasteiger partial charge on any atom is -0.484 e. The van der Waals surface area contributed by atoms with E-state index in [9.17, 15) is 14.4 Å². The molecule has 5 aromatic rings. The van der Waals surface area contributed by atoms with Gasteiger partial charge in [0.25, 0.3) is 11.8 Å². The Balaban J connectivity index is 1.23. The lowest BCUT2D eigenvalue weighted by Gasteiger charge is -2.49. The number of para-hydroxylation sites is 1. The van der Waals surface area contributed by atoms with Crippen LogP contribution in [-0.4, -0.2) is 46.5 Å². The Kier molecular flexibility index (Phi) is 10.1. The number of hydrogen-bond donors (Lipinski definition) is 1. The van der Waals surface area contributed by atoms with Gasteiger partial charge in [0, 0.05) is 0 Å². The van der Waals surface area contributed by atoms with Crippen LogP contribution in [-0.2, 0) is 28.2 Å². The summed E-state index contributed by atoms with van der Waals surface area (Å²) in [4.78, 5) is 42.6. The van der Waals surface area contributed by atoms with Crippen LogP contribution in [0.2, 0.25) is 0 Å². The van der Waals surface area contributed by atoms with Gasteiger partial charge >= 0.3 is 13.3 Å². The highest BCUT2D eigenvalue weighted by atomic mass is 32.2. The van der Waals surface area contributed by atoms with Crippen molar-refractivity contribution in [2.75, 3.05) is 12.4 Å². The summed E-state index contributed by atoms with van der Waals surface area (Å²) >= 11 is 1.29. The summed E-state index contributed by atoms with van der Waals surface area (Å²) in [5.74, 6) is -1.20. The molecule has 2 amide bonds. The highest BCUT2D eigenvalue weighted by molar-refractivity contribution is 8.00. The second kappa shape index (κ2) is 15.1. The van der Waals surface area contributed by atoms with Gasteiger partial charge in [-0.05, 0) is 47.5 Å². The van der Waals surface area contributed by atoms with Crippen molar-refractivity contribution in [3.05, 3.63) is 174 Å². The molecule has 1 N–H and O–H groups in total. The molecule has 0 unspecified atom stereocenters. The van der Waals surface area contributed by atoms with E-state index in [1.165, 1.54) is 16.7 Å². The number of hydrogen-bond acceptors (Lipinski definition) is 8. The van der Waals surface area contributed by atoms with Crippen molar-refractivity contribution in [1.29, 1.82) is 0 Å². The maximum atomic E-state index is 15.0. The summed E-state index contributed by atoms with van der Waals surface area (Å²) < 4.78 is 33.3. The van der Waals surface area contributed by atoms with Gasteiger partial charge in [-0.2, -0.15) is 0 Å². The van der Waals surface area contributed by atoms with Crippen LogP contribution in [0.25, 0.3) is 0 Å². The van der Waals surface area contributed by atoms with Gasteiger partial charge in [-0.1, -0.05) is 115 Å². The number of nitrogens with zero attached hydrogens (tertiary/aromatic N) is 1. The number of thioether (sulfide) groups is 1. The number of fused-ring (bicyclic) bond motifs is 1. The van der Waals surface area contributed by atoms with Gasteiger partial charge in [0.2, 0.25) is 0 Å². The predicted octanol–water partition coefficient (Wildman–Crippen LogP) is 5.96. The van der Waals surface area contributed by atoms with Crippen molar-refractivity contribution in [1.82, 2.24) is 10.2 Å². The lowest BCUT2D eigenvalue weighted by Crippen LogP contribution is -2.71. The standard InChI is InChI=1S/C40H33N2O7PS/c43-34(26-47-30-20-10-3-11-21-30)41-35-38(44)42-36(40(45)48-37(28-16-6-1-7-17-28)29-18-8-2-9-19-29)33(27-51-39(35)42)49-50(46,31-22-12-4-13-23-31)32-24-14-5-15-25-32/h1-25,35,37,39H,26-27H2,(H,41,43)/t35-,39-/m0/s1. The fraction of sp³-hybridized carbons (Fsp3) is 0.125. The molecular weight excluding hydrogens is 683 g/mol. The number of ether oxygens (including phenoxy) is 2. The Hall–Kier alpha value is -5.57. The van der Waals surface area contributed by atoms with Crippen LogP contribution in [0.5, 0.6) is 5.75 Å². The molecule has 256 valence electrons. The van der Waals surface area contributed by atoms with Gasteiger partial charge in [-0.3, -0.25) is 19.1 Å². The molecule has 0 saturated carbocycles. The van der Waals surface area contributed by atoms with Crippen molar-refractivity contribution in [3.63, 3.8) is 0 Å². The minimum absolute atomic E-state index is 0.0442. The maximum absolute atomic E-state index is 15.0. The van der Waals surface area contributed by atoms with Crippen LogP contribution in [0.1, 0.15) is 17.2 Å². The molecule has 7 rings (SSSR count). The zero-order valence-electron chi connectivity index (χ0n) is 27.2. The lowest BCUT2D eigenvalue weighted by molar-refractivity contribution is -0.155. The van der Waals surface area contributed by atoms with Gasteiger partial charge in [0.15, 0.2) is 18.4 Å². The molecule has 1 fully saturated rings. The Morgan fingerprint density at radius 3 is 1.76 bits per heavy atom. The normalized spacial score (nSPS) is 16.9. The number of nitrogens with one attached hydrogen (secondary N) is 1. The molecule has 0 radical (unpaired) electrons. The first kappa shape index (κ1) is 33.9. The Labute approximate surface area is 299 Å². The Morgan fingerprint density at radius 1 is 0.745 bits per heavy atom. The van der Waals surface area contributed by atoms with Gasteiger partial charge in [-0.15, -0.1) is 11.8 Å². The van der Waals surface area contributed by atoms with E-state index in [0.717, 1.165) is 11.1 Å². The fourth-order valence-electron chi connectivity index (χ4n) is 5.94. The average molecular weight is 717 g/mol. The molecule has 9 nitrogen and oxygen atoms in total. The molecule has 11 heteroatoms. The molecule has 0 aromatic heterocycles. The Morgan fingerprint density at radius 2 is 1.24 bits per heavy atom. The van der Waals surface area contributed by atoms with E-state index in [0.29, 0.717) is 16.4 Å². The van der Waals surface area contributed by atoms with E-state index in [-0.39, 0.29) is 23.8 Å². The minimum atomic E-state index is -3.84. The Bertz CT molecular complexity index is 2000. The number of carbonyl (C=O) groups is 3. The number of rotatable bonds is 12. The number of amides is 2. The summed E-state index contributed by atoms with van der Waals surface area (Å²) in [5, 5.41) is 2.96. The summed E-state index contributed by atoms with van der Waals surface area (Å²) in [5.41, 5.74) is 1.29. The van der Waals surface area contributed by atoms with Gasteiger partial charge in [0.1, 0.15) is 22.9 Å². The van der Waals surface area contributed by atoms with E-state index in [4.69, 9.17) is 14.0 Å². The van der Waals surface area contributed by atoms with E-state index >= 15 is 4.57 Å². The van der Waals surface area contributed by atoms with Crippen molar-refractivity contribution in [2.24, 2.45) is 0 Å². The third-order valence-corrected chi connectivity index (χ3v) is 12.1. The molecule has 51 heavy (non-hydrogen) atoms. The van der Waals surface area contributed by atoms with Gasteiger partial charge in [0.05, 0.1) is 16.4 Å². The number of benzene rings is 5. The van der Waals surface area contributed by atoms with Crippen LogP contribution in [0.4, 0.5) is 0 Å². The number of β-lactam (4-membered cyclic amide) rings is 1. The largest absolute Gasteiger partial charge is 0.484 e. The van der Waals surface area contributed by atoms with E-state index in [1.54, 1.807) is 72.8 Å². The van der Waals surface area contributed by atoms with Crippen LogP contribution in [0.15, 0.2) is 163 Å². The monoisotopic (exact) mass is 716 g/mol. The topological polar surface area (TPSA) is 111 Å². The third-order valence-electron chi connectivity index (χ3n) is 8.42. The maximum Gasteiger partial charge on any atom is 0.359 e. The molecule has 0 spiro atoms. The second-order valence-electron chi connectivity index (χ2n) is 11.7. The smallest absolute Gasteiger partial charge is 0.359 e. The first-order valence-corrected chi connectivity index (χ1v) is 19.0. The fourth-order valence-corrected chi connectivity index (χ4v) is 9.38. The number of carbonyl (C=O) groups excluding carboxylic acids is 3. The van der Waals surface area contributed by atoms with Crippen molar-refractivity contribution >= 4 is 47.5 Å². The first-order valence-electron chi connectivity index (χ1n) is 16.3. The molecule has 2 aliphatic rings. The molecule has 2 aliphatic heterocycles. The molecule has 2 atom stereocenters. The van der Waals surface area contributed by atoms with Crippen molar-refractivity contribution in [3.8, 4) is 5.75 Å². The lowest BCUT2D eigenvalue weighted by atomic mass is 10.0. The molecule has 0 bridgehead atoms. The summed E-state index contributed by atoms with van der Waals surface area (Å²) in [6, 6.07) is 44.0. The summed E-state index contributed by atoms with van der Waals surface area (Å²) in [6.45, 7) is -0.294. The zero-order valence-corrected chi connectivity index (χ0v) is 29.0. The molecule has 2 heterocycles.